The fourth-order valence-electron chi connectivity index (χ4n) is 5.06. The van der Waals surface area contributed by atoms with Gasteiger partial charge in [-0.1, -0.05) is 39.7 Å². The zero-order valence-electron chi connectivity index (χ0n) is 18.8. The summed E-state index contributed by atoms with van der Waals surface area (Å²) in [7, 11) is 1.61. The van der Waals surface area contributed by atoms with Crippen LogP contribution in [0, 0.1) is 5.92 Å². The summed E-state index contributed by atoms with van der Waals surface area (Å²) in [5.41, 5.74) is 4.97. The van der Waals surface area contributed by atoms with Gasteiger partial charge in [0.05, 0.1) is 7.11 Å². The third-order valence-corrected chi connectivity index (χ3v) is 7.43. The first-order valence-electron chi connectivity index (χ1n) is 11.4. The number of carbonyl (C=O) groups excluding carboxylic acids is 1. The van der Waals surface area contributed by atoms with Crippen molar-refractivity contribution in [2.45, 2.75) is 31.6 Å². The van der Waals surface area contributed by atoms with E-state index in [2.05, 4.69) is 51.2 Å². The number of methoxy groups -OCH3 is 1. The molecule has 0 bridgehead atoms. The lowest BCUT2D eigenvalue weighted by molar-refractivity contribution is -0.134. The van der Waals surface area contributed by atoms with Crippen molar-refractivity contribution in [1.29, 1.82) is 0 Å². The van der Waals surface area contributed by atoms with Crippen molar-refractivity contribution < 1.29 is 14.3 Å². The number of carbonyl (C=O) groups is 1. The molecule has 1 heterocycles. The first kappa shape index (κ1) is 23.0. The van der Waals surface area contributed by atoms with Crippen LogP contribution in [-0.2, 0) is 11.2 Å². The third-order valence-electron chi connectivity index (χ3n) is 6.69. The maximum atomic E-state index is 12.6. The Balaban J connectivity index is 1.39. The molecule has 0 radical (unpaired) electrons. The Kier molecular flexibility index (Phi) is 6.66. The Bertz CT molecular complexity index is 1310. The minimum Gasteiger partial charge on any atom is -0.497 e. The summed E-state index contributed by atoms with van der Waals surface area (Å²) in [6.07, 6.45) is 3.10. The predicted molar refractivity (Wildman–Crippen MR) is 139 cm³/mol. The van der Waals surface area contributed by atoms with Gasteiger partial charge in [-0.15, -0.1) is 0 Å². The Morgan fingerprint density at radius 2 is 1.79 bits per heavy atom. The molecule has 5 rings (SSSR count). The van der Waals surface area contributed by atoms with E-state index < -0.39 is 0 Å². The monoisotopic (exact) mass is 537 g/mol. The van der Waals surface area contributed by atoms with Gasteiger partial charge in [-0.3, -0.25) is 4.79 Å². The van der Waals surface area contributed by atoms with Crippen LogP contribution >= 0.6 is 27.5 Å². The Hall–Kier alpha value is -2.76. The van der Waals surface area contributed by atoms with Crippen LogP contribution < -0.4 is 9.47 Å². The normalized spacial score (nSPS) is 17.4. The van der Waals surface area contributed by atoms with Crippen molar-refractivity contribution in [1.82, 2.24) is 4.98 Å². The molecule has 0 fully saturated rings. The van der Waals surface area contributed by atoms with Gasteiger partial charge in [0.2, 0.25) is 0 Å². The van der Waals surface area contributed by atoms with E-state index in [0.29, 0.717) is 18.1 Å². The van der Waals surface area contributed by atoms with Gasteiger partial charge in [0, 0.05) is 38.4 Å². The van der Waals surface area contributed by atoms with E-state index in [0.717, 1.165) is 40.0 Å². The second-order valence-corrected chi connectivity index (χ2v) is 10.1. The van der Waals surface area contributed by atoms with E-state index in [4.69, 9.17) is 21.1 Å². The molecule has 0 spiro atoms. The van der Waals surface area contributed by atoms with E-state index in [1.165, 1.54) is 22.2 Å². The smallest absolute Gasteiger partial charge is 0.311 e. The highest BCUT2D eigenvalue weighted by molar-refractivity contribution is 9.10. The number of halogens is 2. The number of H-pyrrole nitrogens is 1. The molecule has 3 aromatic carbocycles. The first-order chi connectivity index (χ1) is 16.5. The van der Waals surface area contributed by atoms with Gasteiger partial charge in [-0.25, -0.2) is 0 Å². The van der Waals surface area contributed by atoms with Crippen molar-refractivity contribution >= 4 is 44.4 Å². The fourth-order valence-corrected chi connectivity index (χ4v) is 5.54. The van der Waals surface area contributed by atoms with Gasteiger partial charge < -0.3 is 14.5 Å². The lowest BCUT2D eigenvalue weighted by Crippen LogP contribution is -2.23. The zero-order chi connectivity index (χ0) is 23.7. The molecular weight excluding hydrogens is 514 g/mol. The fraction of sp³-hybridized carbons (Fsp3) is 0.250. The molecule has 1 aliphatic rings. The van der Waals surface area contributed by atoms with Gasteiger partial charge in [-0.2, -0.15) is 0 Å². The third kappa shape index (κ3) is 4.73. The number of rotatable bonds is 6. The van der Waals surface area contributed by atoms with Gasteiger partial charge >= 0.3 is 5.97 Å². The minimum atomic E-state index is -0.216. The number of aromatic amines is 1. The predicted octanol–water partition coefficient (Wildman–Crippen LogP) is 7.67. The molecule has 0 saturated carbocycles. The highest BCUT2D eigenvalue weighted by Gasteiger charge is 2.33. The molecule has 6 heteroatoms. The van der Waals surface area contributed by atoms with Crippen LogP contribution in [0.2, 0.25) is 5.02 Å². The number of ether oxygens (including phenoxy) is 2. The van der Waals surface area contributed by atoms with Gasteiger partial charge in [0.15, 0.2) is 0 Å². The second kappa shape index (κ2) is 9.85. The Labute approximate surface area is 212 Å². The van der Waals surface area contributed by atoms with Crippen molar-refractivity contribution in [3.05, 3.63) is 93.0 Å². The van der Waals surface area contributed by atoms with Gasteiger partial charge in [-0.05, 0) is 90.9 Å². The van der Waals surface area contributed by atoms with Crippen molar-refractivity contribution in [2.24, 2.45) is 5.92 Å². The van der Waals surface area contributed by atoms with Crippen LogP contribution in [0.5, 0.6) is 11.5 Å². The highest BCUT2D eigenvalue weighted by atomic mass is 79.9. The van der Waals surface area contributed by atoms with Crippen LogP contribution in [0.25, 0.3) is 10.9 Å². The molecule has 2 atom stereocenters. The molecule has 0 aliphatic heterocycles. The summed E-state index contributed by atoms with van der Waals surface area (Å²) in [6.45, 7) is 0. The number of hydrogen-bond donors (Lipinski definition) is 1. The molecule has 174 valence electrons. The molecule has 1 aliphatic carbocycles. The van der Waals surface area contributed by atoms with E-state index >= 15 is 0 Å². The number of benzene rings is 3. The van der Waals surface area contributed by atoms with E-state index in [9.17, 15) is 4.79 Å². The Morgan fingerprint density at radius 3 is 2.53 bits per heavy atom. The number of aromatic nitrogens is 1. The summed E-state index contributed by atoms with van der Waals surface area (Å²) in [5, 5.41) is 1.99. The molecule has 4 nitrogen and oxygen atoms in total. The largest absolute Gasteiger partial charge is 0.497 e. The summed E-state index contributed by atoms with van der Waals surface area (Å²) in [4.78, 5) is 16.3. The average Bonchev–Trinajstić information content (AvgIpc) is 3.21. The average molecular weight is 539 g/mol. The maximum absolute atomic E-state index is 12.6. The number of hydrogen-bond acceptors (Lipinski definition) is 3. The zero-order valence-corrected chi connectivity index (χ0v) is 21.2. The number of nitrogens with one attached hydrogen (secondary N) is 1. The van der Waals surface area contributed by atoms with Crippen molar-refractivity contribution in [3.8, 4) is 11.5 Å². The van der Waals surface area contributed by atoms with Crippen LogP contribution in [0.15, 0.2) is 71.2 Å². The molecule has 4 aromatic rings. The molecule has 34 heavy (non-hydrogen) atoms. The van der Waals surface area contributed by atoms with E-state index in [1.807, 2.05) is 12.1 Å². The lowest BCUT2D eigenvalue weighted by atomic mass is 9.72. The van der Waals surface area contributed by atoms with Gasteiger partial charge in [0.1, 0.15) is 11.5 Å². The van der Waals surface area contributed by atoms with Crippen LogP contribution in [0.3, 0.4) is 0 Å². The summed E-state index contributed by atoms with van der Waals surface area (Å²) >= 11 is 9.80. The highest BCUT2D eigenvalue weighted by Crippen LogP contribution is 2.45. The lowest BCUT2D eigenvalue weighted by Gasteiger charge is -2.32. The summed E-state index contributed by atoms with van der Waals surface area (Å²) in [5.74, 6) is 1.53. The summed E-state index contributed by atoms with van der Waals surface area (Å²) in [6, 6.07) is 21.6. The quantitative estimate of drug-likeness (QED) is 0.202. The standard InChI is InChI=1S/C28H25BrClNO3/c1-33-21-9-11-22(12-10-21)34-26(32)15-5-18-4-13-23-24-16-19(29)6-14-25(24)31-28(23)27(18)17-2-7-20(30)8-3-17/h2-3,6-12,14,16,18,27,31H,4-5,13,15H2,1H3. The van der Waals surface area contributed by atoms with Crippen LogP contribution in [0.1, 0.15) is 42.0 Å². The first-order valence-corrected chi connectivity index (χ1v) is 12.6. The van der Waals surface area contributed by atoms with Crippen LogP contribution in [-0.4, -0.2) is 18.1 Å². The molecule has 0 amide bonds. The van der Waals surface area contributed by atoms with E-state index in [-0.39, 0.29) is 11.9 Å². The topological polar surface area (TPSA) is 51.3 Å². The van der Waals surface area contributed by atoms with Crippen LogP contribution in [0.4, 0.5) is 0 Å². The second-order valence-electron chi connectivity index (χ2n) is 8.72. The molecule has 0 saturated heterocycles. The number of aryl methyl sites for hydroxylation is 1. The van der Waals surface area contributed by atoms with Gasteiger partial charge in [0.25, 0.3) is 0 Å². The molecule has 1 aromatic heterocycles. The number of esters is 1. The molecular formula is C28H25BrClNO3. The van der Waals surface area contributed by atoms with E-state index in [1.54, 1.807) is 31.4 Å². The maximum Gasteiger partial charge on any atom is 0.311 e. The molecule has 1 N–H and O–H groups in total. The Morgan fingerprint density at radius 1 is 1.06 bits per heavy atom. The van der Waals surface area contributed by atoms with Crippen molar-refractivity contribution in [2.75, 3.05) is 7.11 Å². The molecule has 2 unspecified atom stereocenters. The van der Waals surface area contributed by atoms with Crippen molar-refractivity contribution in [3.63, 3.8) is 0 Å². The number of fused-ring (bicyclic) bond motifs is 3. The minimum absolute atomic E-state index is 0.168. The SMILES string of the molecule is COc1ccc(OC(=O)CCC2CCc3c([nH]c4ccc(Br)cc34)C2c2ccc(Cl)cc2)cc1. The summed E-state index contributed by atoms with van der Waals surface area (Å²) < 4.78 is 11.8.